The average Bonchev–Trinajstić information content (AvgIpc) is 2.22. The van der Waals surface area contributed by atoms with Crippen LogP contribution in [0.1, 0.15) is 13.8 Å². The van der Waals surface area contributed by atoms with E-state index >= 15 is 0 Å². The summed E-state index contributed by atoms with van der Waals surface area (Å²) in [4.78, 5) is 4.25. The molecule has 8 heteroatoms. The molecule has 1 aromatic rings. The second-order valence-corrected chi connectivity index (χ2v) is 7.32. The van der Waals surface area contributed by atoms with Gasteiger partial charge in [0.15, 0.2) is 0 Å². The molecular formula is C11H17Cl2N3O2S. The van der Waals surface area contributed by atoms with Crippen LogP contribution in [0.5, 0.6) is 0 Å². The fourth-order valence-corrected chi connectivity index (χ4v) is 3.06. The van der Waals surface area contributed by atoms with Crippen LogP contribution in [0, 0.1) is 0 Å². The van der Waals surface area contributed by atoms with Crippen molar-refractivity contribution in [3.8, 4) is 0 Å². The summed E-state index contributed by atoms with van der Waals surface area (Å²) in [5, 5.41) is 6.75. The van der Waals surface area contributed by atoms with E-state index in [-0.39, 0.29) is 11.8 Å². The molecule has 2 N–H and O–H groups in total. The molecule has 0 amide bonds. The molecule has 0 saturated heterocycles. The second kappa shape index (κ2) is 6.63. The molecule has 0 aliphatic heterocycles. The monoisotopic (exact) mass is 325 g/mol. The van der Waals surface area contributed by atoms with Crippen LogP contribution in [0.2, 0.25) is 10.0 Å². The third-order valence-corrected chi connectivity index (χ3v) is 3.89. The molecule has 1 aromatic heterocycles. The van der Waals surface area contributed by atoms with Crippen LogP contribution in [0.15, 0.2) is 6.07 Å². The van der Waals surface area contributed by atoms with E-state index in [2.05, 4.69) is 15.6 Å². The van der Waals surface area contributed by atoms with Crippen LogP contribution in [0.3, 0.4) is 0 Å². The Hall–Kier alpha value is -0.720. The highest BCUT2D eigenvalue weighted by molar-refractivity contribution is 7.90. The molecule has 0 spiro atoms. The van der Waals surface area contributed by atoms with Gasteiger partial charge >= 0.3 is 0 Å². The van der Waals surface area contributed by atoms with E-state index in [4.69, 9.17) is 23.2 Å². The number of pyridine rings is 1. The highest BCUT2D eigenvalue weighted by atomic mass is 35.5. The number of nitrogens with one attached hydrogen (secondary N) is 2. The largest absolute Gasteiger partial charge is 0.369 e. The Morgan fingerprint density at radius 2 is 1.89 bits per heavy atom. The molecule has 108 valence electrons. The minimum absolute atomic E-state index is 0.00414. The van der Waals surface area contributed by atoms with E-state index < -0.39 is 9.84 Å². The number of hydrogen-bond donors (Lipinski definition) is 2. The highest BCUT2D eigenvalue weighted by Gasteiger charge is 2.14. The maximum absolute atomic E-state index is 11.2. The van der Waals surface area contributed by atoms with Gasteiger partial charge in [-0.05, 0) is 19.9 Å². The van der Waals surface area contributed by atoms with E-state index in [1.54, 1.807) is 13.0 Å². The van der Waals surface area contributed by atoms with E-state index in [0.717, 1.165) is 0 Å². The highest BCUT2D eigenvalue weighted by Crippen LogP contribution is 2.29. The van der Waals surface area contributed by atoms with Crippen molar-refractivity contribution in [2.24, 2.45) is 0 Å². The lowest BCUT2D eigenvalue weighted by Crippen LogP contribution is -2.25. The molecule has 0 bridgehead atoms. The molecule has 0 fully saturated rings. The Kier molecular flexibility index (Phi) is 5.70. The zero-order valence-corrected chi connectivity index (χ0v) is 13.3. The molecular weight excluding hydrogens is 309 g/mol. The van der Waals surface area contributed by atoms with Gasteiger partial charge in [0.05, 0.1) is 15.8 Å². The zero-order chi connectivity index (χ0) is 14.6. The lowest BCUT2D eigenvalue weighted by molar-refractivity contribution is 0.598. The molecule has 0 aliphatic rings. The van der Waals surface area contributed by atoms with Crippen molar-refractivity contribution in [1.82, 2.24) is 4.98 Å². The topological polar surface area (TPSA) is 71.1 Å². The first-order chi connectivity index (χ1) is 8.73. The number of rotatable bonds is 6. The first kappa shape index (κ1) is 16.3. The van der Waals surface area contributed by atoms with Crippen LogP contribution >= 0.6 is 23.2 Å². The van der Waals surface area contributed by atoms with Crippen molar-refractivity contribution in [2.45, 2.75) is 19.9 Å². The Balaban J connectivity index is 2.91. The standard InChI is InChI=1S/C11H17Cl2N3O2S/c1-4-14-10-8(12)5-9(13)11(16-10)15-7(2)6-19(3,17)18/h5,7H,4,6H2,1-3H3,(H2,14,15,16). The average molecular weight is 326 g/mol. The van der Waals surface area contributed by atoms with E-state index in [1.165, 1.54) is 6.26 Å². The lowest BCUT2D eigenvalue weighted by atomic mass is 10.3. The number of halogens is 2. The van der Waals surface area contributed by atoms with Gasteiger partial charge in [-0.25, -0.2) is 13.4 Å². The van der Waals surface area contributed by atoms with E-state index in [0.29, 0.717) is 28.2 Å². The van der Waals surface area contributed by atoms with Crippen molar-refractivity contribution >= 4 is 44.7 Å². The Bertz CT molecular complexity index is 549. The molecule has 1 atom stereocenters. The minimum Gasteiger partial charge on any atom is -0.369 e. The van der Waals surface area contributed by atoms with Gasteiger partial charge in [0.1, 0.15) is 21.5 Å². The van der Waals surface area contributed by atoms with Gasteiger partial charge < -0.3 is 10.6 Å². The van der Waals surface area contributed by atoms with Crippen LogP contribution < -0.4 is 10.6 Å². The zero-order valence-electron chi connectivity index (χ0n) is 11.0. The van der Waals surface area contributed by atoms with Crippen molar-refractivity contribution < 1.29 is 8.42 Å². The minimum atomic E-state index is -3.06. The molecule has 0 aromatic carbocycles. The second-order valence-electron chi connectivity index (χ2n) is 4.32. The lowest BCUT2D eigenvalue weighted by Gasteiger charge is -2.16. The predicted molar refractivity (Wildman–Crippen MR) is 81.2 cm³/mol. The quantitative estimate of drug-likeness (QED) is 0.841. The number of aromatic nitrogens is 1. The molecule has 19 heavy (non-hydrogen) atoms. The molecule has 1 heterocycles. The summed E-state index contributed by atoms with van der Waals surface area (Å²) >= 11 is 12.0. The number of anilines is 2. The van der Waals surface area contributed by atoms with Crippen LogP contribution in [-0.4, -0.2) is 38.0 Å². The van der Waals surface area contributed by atoms with Crippen LogP contribution in [0.4, 0.5) is 11.6 Å². The van der Waals surface area contributed by atoms with Gasteiger partial charge in [0, 0.05) is 18.8 Å². The molecule has 0 aliphatic carbocycles. The van der Waals surface area contributed by atoms with Crippen molar-refractivity contribution in [2.75, 3.05) is 29.2 Å². The molecule has 1 rings (SSSR count). The van der Waals surface area contributed by atoms with Gasteiger partial charge in [-0.3, -0.25) is 0 Å². The summed E-state index contributed by atoms with van der Waals surface area (Å²) in [6.07, 6.45) is 1.19. The van der Waals surface area contributed by atoms with Crippen molar-refractivity contribution in [3.05, 3.63) is 16.1 Å². The fraction of sp³-hybridized carbons (Fsp3) is 0.545. The maximum Gasteiger partial charge on any atom is 0.149 e. The van der Waals surface area contributed by atoms with Crippen LogP contribution in [-0.2, 0) is 9.84 Å². The third kappa shape index (κ3) is 5.42. The Labute approximate surface area is 123 Å². The van der Waals surface area contributed by atoms with Gasteiger partial charge in [-0.2, -0.15) is 0 Å². The first-order valence-corrected chi connectivity index (χ1v) is 8.58. The van der Waals surface area contributed by atoms with Crippen molar-refractivity contribution in [3.63, 3.8) is 0 Å². The summed E-state index contributed by atoms with van der Waals surface area (Å²) in [6, 6.07) is 1.28. The SMILES string of the molecule is CCNc1nc(NC(C)CS(C)(=O)=O)c(Cl)cc1Cl. The summed E-state index contributed by atoms with van der Waals surface area (Å²) in [6.45, 7) is 4.35. The summed E-state index contributed by atoms with van der Waals surface area (Å²) in [5.74, 6) is 0.935. The van der Waals surface area contributed by atoms with Crippen LogP contribution in [0.25, 0.3) is 0 Å². The summed E-state index contributed by atoms with van der Waals surface area (Å²) < 4.78 is 22.4. The molecule has 5 nitrogen and oxygen atoms in total. The predicted octanol–water partition coefficient (Wildman–Crippen LogP) is 2.67. The van der Waals surface area contributed by atoms with Gasteiger partial charge in [-0.1, -0.05) is 23.2 Å². The van der Waals surface area contributed by atoms with Gasteiger partial charge in [-0.15, -0.1) is 0 Å². The molecule has 1 unspecified atom stereocenters. The molecule has 0 saturated carbocycles. The van der Waals surface area contributed by atoms with E-state index in [9.17, 15) is 8.42 Å². The first-order valence-electron chi connectivity index (χ1n) is 5.77. The van der Waals surface area contributed by atoms with Gasteiger partial charge in [0.25, 0.3) is 0 Å². The maximum atomic E-state index is 11.2. The third-order valence-electron chi connectivity index (χ3n) is 2.21. The van der Waals surface area contributed by atoms with Crippen molar-refractivity contribution in [1.29, 1.82) is 0 Å². The smallest absolute Gasteiger partial charge is 0.149 e. The normalized spacial score (nSPS) is 13.1. The van der Waals surface area contributed by atoms with Gasteiger partial charge in [0.2, 0.25) is 0 Å². The summed E-state index contributed by atoms with van der Waals surface area (Å²) in [5.41, 5.74) is 0. The Morgan fingerprint density at radius 3 is 2.42 bits per heavy atom. The van der Waals surface area contributed by atoms with E-state index in [1.807, 2.05) is 6.92 Å². The molecule has 0 radical (unpaired) electrons. The Morgan fingerprint density at radius 1 is 1.32 bits per heavy atom. The number of sulfone groups is 1. The number of nitrogens with zero attached hydrogens (tertiary/aromatic N) is 1. The fourth-order valence-electron chi connectivity index (χ4n) is 1.59. The number of hydrogen-bond acceptors (Lipinski definition) is 5. The summed E-state index contributed by atoms with van der Waals surface area (Å²) in [7, 11) is -3.06.